The van der Waals surface area contributed by atoms with Crippen LogP contribution >= 0.6 is 11.6 Å². The van der Waals surface area contributed by atoms with Crippen molar-refractivity contribution in [2.75, 3.05) is 0 Å². The van der Waals surface area contributed by atoms with Gasteiger partial charge >= 0.3 is 5.97 Å². The Hall–Kier alpha value is -1.25. The molecule has 0 amide bonds. The van der Waals surface area contributed by atoms with Crippen molar-refractivity contribution in [2.24, 2.45) is 34.5 Å². The van der Waals surface area contributed by atoms with E-state index in [0.29, 0.717) is 24.8 Å². The minimum Gasteiger partial charge on any atom is -0.452 e. The van der Waals surface area contributed by atoms with E-state index in [2.05, 4.69) is 0 Å². The third-order valence-electron chi connectivity index (χ3n) is 12.1. The van der Waals surface area contributed by atoms with Crippen molar-refractivity contribution in [1.82, 2.24) is 0 Å². The Morgan fingerprint density at radius 1 is 1.08 bits per heavy atom. The molecule has 7 nitrogen and oxygen atoms in total. The Kier molecular flexibility index (Phi) is 5.03. The summed E-state index contributed by atoms with van der Waals surface area (Å²) in [6, 6.07) is 0. The molecule has 4 fully saturated rings. The molecule has 6 aliphatic rings. The number of alkyl halides is 1. The van der Waals surface area contributed by atoms with Gasteiger partial charge in [-0.3, -0.25) is 4.79 Å². The van der Waals surface area contributed by atoms with E-state index in [0.717, 1.165) is 5.57 Å². The summed E-state index contributed by atoms with van der Waals surface area (Å²) >= 11 is 6.87. The Morgan fingerprint density at radius 3 is 2.42 bits per heavy atom. The molecular formula is C28H37ClO7. The fraction of sp³-hybridized carbons (Fsp3) is 0.786. The van der Waals surface area contributed by atoms with E-state index in [9.17, 15) is 24.9 Å². The molecule has 2 aliphatic heterocycles. The zero-order valence-corrected chi connectivity index (χ0v) is 22.3. The highest BCUT2D eigenvalue weighted by atomic mass is 35.5. The summed E-state index contributed by atoms with van der Waals surface area (Å²) in [5.41, 5.74) is -3.64. The maximum Gasteiger partial charge on any atom is 0.334 e. The monoisotopic (exact) mass is 520 g/mol. The predicted octanol–water partition coefficient (Wildman–Crippen LogP) is 3.03. The minimum absolute atomic E-state index is 0.0620. The minimum atomic E-state index is -1.78. The normalized spacial score (nSPS) is 57.9. The van der Waals surface area contributed by atoms with E-state index in [1.54, 1.807) is 19.9 Å². The van der Waals surface area contributed by atoms with Crippen molar-refractivity contribution >= 4 is 23.4 Å². The molecule has 2 heterocycles. The van der Waals surface area contributed by atoms with E-state index in [4.69, 9.17) is 21.1 Å². The van der Waals surface area contributed by atoms with Crippen LogP contribution in [0.1, 0.15) is 66.7 Å². The highest BCUT2D eigenvalue weighted by Crippen LogP contribution is 2.74. The topological polar surface area (TPSA) is 113 Å². The third kappa shape index (κ3) is 2.51. The first-order valence-corrected chi connectivity index (χ1v) is 13.7. The van der Waals surface area contributed by atoms with Crippen LogP contribution in [0.2, 0.25) is 0 Å². The number of hydrogen-bond donors (Lipinski definition) is 3. The summed E-state index contributed by atoms with van der Waals surface area (Å²) in [4.78, 5) is 25.8. The molecule has 1 saturated heterocycles. The standard InChI is InChI=1S/C28H37ClO7/c1-13-14(2)23(31)35-21(13)22-15(3)26(32)10-8-17-16-11-19(29)27(33)9-6-7-20(30)24(27,4)18(16)12-28(34,36-22)25(17,26)5/h6-7,15-19,21-22,32-34H,8-12H2,1-5H3/t15-,16+,17+,18+,19+,21-,22+,24+,25+,26-,27-,28+/m1/s1. The van der Waals surface area contributed by atoms with Crippen LogP contribution in [0, 0.1) is 34.5 Å². The first-order chi connectivity index (χ1) is 16.7. The Labute approximate surface area is 216 Å². The third-order valence-corrected chi connectivity index (χ3v) is 12.6. The summed E-state index contributed by atoms with van der Waals surface area (Å²) in [5, 5.41) is 36.0. The van der Waals surface area contributed by atoms with E-state index in [1.807, 2.05) is 20.8 Å². The molecular weight excluding hydrogens is 484 g/mol. The zero-order valence-electron chi connectivity index (χ0n) is 21.6. The van der Waals surface area contributed by atoms with Crippen molar-refractivity contribution in [3.8, 4) is 0 Å². The first-order valence-electron chi connectivity index (χ1n) is 13.3. The number of ketones is 1. The van der Waals surface area contributed by atoms with Gasteiger partial charge in [-0.1, -0.05) is 19.9 Å². The number of aliphatic hydroxyl groups is 3. The Balaban J connectivity index is 1.48. The van der Waals surface area contributed by atoms with Gasteiger partial charge in [0.15, 0.2) is 17.7 Å². The average Bonchev–Trinajstić information content (AvgIpc) is 3.25. The fourth-order valence-corrected chi connectivity index (χ4v) is 10.0. The van der Waals surface area contributed by atoms with Crippen LogP contribution in [0.3, 0.4) is 0 Å². The predicted molar refractivity (Wildman–Crippen MR) is 131 cm³/mol. The SMILES string of the molecule is CC1=C(C)[C@H]([C@H]2O[C@@]3(O)C[C@H]4[C@@H](C[C@H](Cl)[C@]5(O)CC=CC(=O)[C@]45C)[C@@H]4CC[C@@](O)([C@@H]2C)[C@]43C)OC1=O. The van der Waals surface area contributed by atoms with E-state index < -0.39 is 57.3 Å². The number of fused-ring (bicyclic) bond motifs is 4. The molecule has 3 N–H and O–H groups in total. The van der Waals surface area contributed by atoms with Gasteiger partial charge in [0.2, 0.25) is 0 Å². The van der Waals surface area contributed by atoms with Gasteiger partial charge in [0.25, 0.3) is 0 Å². The van der Waals surface area contributed by atoms with Gasteiger partial charge in [-0.2, -0.15) is 0 Å². The van der Waals surface area contributed by atoms with Gasteiger partial charge in [-0.25, -0.2) is 4.79 Å². The lowest BCUT2D eigenvalue weighted by Crippen LogP contribution is -2.78. The van der Waals surface area contributed by atoms with Crippen molar-refractivity contribution in [2.45, 2.75) is 101 Å². The van der Waals surface area contributed by atoms with Crippen LogP contribution in [0.25, 0.3) is 0 Å². The first kappa shape index (κ1) is 25.1. The van der Waals surface area contributed by atoms with Crippen LogP contribution in [0.4, 0.5) is 0 Å². The molecule has 4 aliphatic carbocycles. The van der Waals surface area contributed by atoms with E-state index in [-0.39, 0.29) is 36.4 Å². The second kappa shape index (κ2) is 7.23. The molecule has 0 spiro atoms. The maximum atomic E-state index is 13.5. The molecule has 12 atom stereocenters. The Bertz CT molecular complexity index is 1120. The van der Waals surface area contributed by atoms with Gasteiger partial charge in [0, 0.05) is 17.9 Å². The number of ether oxygens (including phenoxy) is 2. The number of cyclic esters (lactones) is 1. The van der Waals surface area contributed by atoms with Gasteiger partial charge in [-0.15, -0.1) is 11.6 Å². The van der Waals surface area contributed by atoms with Gasteiger partial charge in [0.05, 0.1) is 27.4 Å². The average molecular weight is 521 g/mol. The highest BCUT2D eigenvalue weighted by Gasteiger charge is 2.80. The number of carbonyl (C=O) groups excluding carboxylic acids is 2. The zero-order chi connectivity index (χ0) is 26.2. The summed E-state index contributed by atoms with van der Waals surface area (Å²) in [6.45, 7) is 9.16. The second-order valence-corrected chi connectivity index (χ2v) is 13.4. The van der Waals surface area contributed by atoms with E-state index >= 15 is 0 Å². The lowest BCUT2D eigenvalue weighted by Gasteiger charge is -2.69. The van der Waals surface area contributed by atoms with E-state index in [1.165, 1.54) is 6.08 Å². The number of esters is 1. The summed E-state index contributed by atoms with van der Waals surface area (Å²) in [6.07, 6.45) is 3.75. The van der Waals surface area contributed by atoms with Crippen molar-refractivity contribution in [3.05, 3.63) is 23.3 Å². The molecule has 3 saturated carbocycles. The molecule has 8 heteroatoms. The summed E-state index contributed by atoms with van der Waals surface area (Å²) < 4.78 is 12.3. The van der Waals surface area contributed by atoms with Crippen LogP contribution in [-0.4, -0.2) is 61.6 Å². The number of hydrogen-bond acceptors (Lipinski definition) is 7. The molecule has 0 unspecified atom stereocenters. The lowest BCUT2D eigenvalue weighted by molar-refractivity contribution is -0.417. The van der Waals surface area contributed by atoms with Crippen molar-refractivity contribution in [3.63, 3.8) is 0 Å². The van der Waals surface area contributed by atoms with Gasteiger partial charge < -0.3 is 24.8 Å². The number of carbonyl (C=O) groups is 2. The molecule has 0 radical (unpaired) electrons. The van der Waals surface area contributed by atoms with Crippen LogP contribution in [0.15, 0.2) is 23.3 Å². The number of allylic oxidation sites excluding steroid dienone is 1. The molecule has 0 aromatic heterocycles. The van der Waals surface area contributed by atoms with Crippen molar-refractivity contribution in [1.29, 1.82) is 0 Å². The largest absolute Gasteiger partial charge is 0.452 e. The van der Waals surface area contributed by atoms with Crippen LogP contribution in [0.5, 0.6) is 0 Å². The molecule has 0 bridgehead atoms. The quantitative estimate of drug-likeness (QED) is 0.360. The fourth-order valence-electron chi connectivity index (χ4n) is 9.53. The summed E-state index contributed by atoms with van der Waals surface area (Å²) in [5.74, 6) is -3.39. The van der Waals surface area contributed by atoms with Crippen LogP contribution < -0.4 is 0 Å². The van der Waals surface area contributed by atoms with Gasteiger partial charge in [-0.05, 0) is 75.9 Å². The molecule has 0 aromatic carbocycles. The molecule has 36 heavy (non-hydrogen) atoms. The smallest absolute Gasteiger partial charge is 0.334 e. The molecule has 198 valence electrons. The highest BCUT2D eigenvalue weighted by molar-refractivity contribution is 6.22. The second-order valence-electron chi connectivity index (χ2n) is 12.8. The molecule has 0 aromatic rings. The summed E-state index contributed by atoms with van der Waals surface area (Å²) in [7, 11) is 0. The molecule has 6 rings (SSSR count). The number of halogens is 1. The number of rotatable bonds is 1. The Morgan fingerprint density at radius 2 is 1.78 bits per heavy atom. The maximum absolute atomic E-state index is 13.5. The van der Waals surface area contributed by atoms with Gasteiger partial charge in [0.1, 0.15) is 6.10 Å². The lowest BCUT2D eigenvalue weighted by atomic mass is 9.41. The van der Waals surface area contributed by atoms with Crippen LogP contribution in [-0.2, 0) is 19.1 Å². The van der Waals surface area contributed by atoms with Crippen molar-refractivity contribution < 1.29 is 34.4 Å².